The molecule has 0 amide bonds. The van der Waals surface area contributed by atoms with Crippen LogP contribution in [0.3, 0.4) is 0 Å². The number of hydrogen-bond acceptors (Lipinski definition) is 6. The first-order chi connectivity index (χ1) is 11.8. The first kappa shape index (κ1) is 15.2. The molecule has 2 heterocycles. The van der Waals surface area contributed by atoms with Crippen LogP contribution in [0.1, 0.15) is 18.4 Å². The minimum atomic E-state index is 0.583. The van der Waals surface area contributed by atoms with Crippen LogP contribution in [0.25, 0.3) is 0 Å². The lowest BCUT2D eigenvalue weighted by Crippen LogP contribution is -2.36. The maximum absolute atomic E-state index is 5.40. The number of hydrogen-bond donors (Lipinski definition) is 2. The molecule has 6 heteroatoms. The number of aryl methyl sites for hydroxylation is 1. The Balaban J connectivity index is 1.44. The molecule has 0 bridgehead atoms. The molecule has 0 unspecified atom stereocenters. The normalized spacial score (nSPS) is 17.6. The molecule has 6 nitrogen and oxygen atoms in total. The van der Waals surface area contributed by atoms with Crippen molar-refractivity contribution >= 4 is 23.1 Å². The molecule has 2 aromatic rings. The van der Waals surface area contributed by atoms with Crippen molar-refractivity contribution in [2.24, 2.45) is 0 Å². The molecule has 0 atom stereocenters. The predicted molar refractivity (Wildman–Crippen MR) is 96.2 cm³/mol. The summed E-state index contributed by atoms with van der Waals surface area (Å²) in [6.45, 7) is 5.53. The van der Waals surface area contributed by atoms with E-state index in [1.54, 1.807) is 0 Å². The lowest BCUT2D eigenvalue weighted by Gasteiger charge is -2.28. The second kappa shape index (κ2) is 6.65. The quantitative estimate of drug-likeness (QED) is 0.881. The number of rotatable bonds is 5. The van der Waals surface area contributed by atoms with Crippen LogP contribution in [0.15, 0.2) is 30.5 Å². The van der Waals surface area contributed by atoms with E-state index in [4.69, 9.17) is 4.74 Å². The van der Waals surface area contributed by atoms with Gasteiger partial charge in [0.05, 0.1) is 13.2 Å². The fourth-order valence-corrected chi connectivity index (χ4v) is 2.78. The van der Waals surface area contributed by atoms with Crippen LogP contribution in [-0.2, 0) is 4.74 Å². The zero-order valence-electron chi connectivity index (χ0n) is 14.0. The summed E-state index contributed by atoms with van der Waals surface area (Å²) in [4.78, 5) is 11.3. The molecule has 2 fully saturated rings. The van der Waals surface area contributed by atoms with Gasteiger partial charge in [0.1, 0.15) is 5.82 Å². The Morgan fingerprint density at radius 2 is 1.88 bits per heavy atom. The fraction of sp³-hybridized carbons (Fsp3) is 0.444. The van der Waals surface area contributed by atoms with Crippen molar-refractivity contribution < 1.29 is 4.74 Å². The smallest absolute Gasteiger partial charge is 0.229 e. The lowest BCUT2D eigenvalue weighted by atomic mass is 10.2. The Morgan fingerprint density at radius 1 is 1.12 bits per heavy atom. The lowest BCUT2D eigenvalue weighted by molar-refractivity contribution is 0.122. The van der Waals surface area contributed by atoms with Crippen molar-refractivity contribution in [2.45, 2.75) is 25.8 Å². The Morgan fingerprint density at radius 3 is 2.58 bits per heavy atom. The zero-order valence-corrected chi connectivity index (χ0v) is 14.0. The Bertz CT molecular complexity index is 693. The summed E-state index contributed by atoms with van der Waals surface area (Å²) in [7, 11) is 0. The van der Waals surface area contributed by atoms with Gasteiger partial charge >= 0.3 is 0 Å². The van der Waals surface area contributed by atoms with E-state index in [-0.39, 0.29) is 0 Å². The summed E-state index contributed by atoms with van der Waals surface area (Å²) < 4.78 is 5.40. The Kier molecular flexibility index (Phi) is 4.21. The van der Waals surface area contributed by atoms with E-state index in [9.17, 15) is 0 Å². The van der Waals surface area contributed by atoms with Gasteiger partial charge in [0.2, 0.25) is 5.95 Å². The number of nitrogens with zero attached hydrogens (tertiary/aromatic N) is 3. The maximum Gasteiger partial charge on any atom is 0.229 e. The molecule has 126 valence electrons. The van der Waals surface area contributed by atoms with E-state index in [1.165, 1.54) is 18.5 Å². The molecule has 1 saturated carbocycles. The minimum Gasteiger partial charge on any atom is -0.378 e. The van der Waals surface area contributed by atoms with Gasteiger partial charge in [-0.2, -0.15) is 4.98 Å². The molecule has 4 rings (SSSR count). The largest absolute Gasteiger partial charge is 0.378 e. The summed E-state index contributed by atoms with van der Waals surface area (Å²) in [5.41, 5.74) is 3.30. The van der Waals surface area contributed by atoms with Crippen LogP contribution >= 0.6 is 0 Å². The number of benzene rings is 1. The summed E-state index contributed by atoms with van der Waals surface area (Å²) in [5, 5.41) is 6.74. The predicted octanol–water partition coefficient (Wildman–Crippen LogP) is 2.94. The van der Waals surface area contributed by atoms with Crippen LogP contribution in [0, 0.1) is 6.92 Å². The van der Waals surface area contributed by atoms with Crippen molar-refractivity contribution in [3.05, 3.63) is 36.0 Å². The SMILES string of the molecule is Cc1cnc(Nc2ccc(N3CCOCC3)cc2)nc1NC1CC1. The molecule has 1 aromatic heterocycles. The van der Waals surface area contributed by atoms with E-state index >= 15 is 0 Å². The molecular weight excluding hydrogens is 302 g/mol. The minimum absolute atomic E-state index is 0.583. The molecule has 2 aliphatic rings. The van der Waals surface area contributed by atoms with Gasteiger partial charge in [0, 0.05) is 42.3 Å². The van der Waals surface area contributed by atoms with Gasteiger partial charge in [0.15, 0.2) is 0 Å². The molecule has 0 spiro atoms. The first-order valence-electron chi connectivity index (χ1n) is 8.58. The van der Waals surface area contributed by atoms with Crippen LogP contribution in [-0.4, -0.2) is 42.3 Å². The fourth-order valence-electron chi connectivity index (χ4n) is 2.78. The van der Waals surface area contributed by atoms with Gasteiger partial charge in [-0.25, -0.2) is 4.98 Å². The van der Waals surface area contributed by atoms with E-state index in [2.05, 4.69) is 49.8 Å². The maximum atomic E-state index is 5.40. The third-order valence-corrected chi connectivity index (χ3v) is 4.39. The molecule has 2 N–H and O–H groups in total. The second-order valence-corrected chi connectivity index (χ2v) is 6.42. The topological polar surface area (TPSA) is 62.3 Å². The molecule has 24 heavy (non-hydrogen) atoms. The molecule has 1 aromatic carbocycles. The monoisotopic (exact) mass is 325 g/mol. The van der Waals surface area contributed by atoms with Gasteiger partial charge in [0.25, 0.3) is 0 Å². The highest BCUT2D eigenvalue weighted by molar-refractivity contribution is 5.60. The third kappa shape index (κ3) is 3.59. The number of ether oxygens (including phenoxy) is 1. The molecular formula is C18H23N5O. The van der Waals surface area contributed by atoms with Crippen LogP contribution in [0.4, 0.5) is 23.1 Å². The van der Waals surface area contributed by atoms with Crippen molar-refractivity contribution in [3.8, 4) is 0 Å². The van der Waals surface area contributed by atoms with Gasteiger partial charge < -0.3 is 20.3 Å². The highest BCUT2D eigenvalue weighted by atomic mass is 16.5. The third-order valence-electron chi connectivity index (χ3n) is 4.39. The van der Waals surface area contributed by atoms with Crippen LogP contribution in [0.2, 0.25) is 0 Å². The Labute approximate surface area is 142 Å². The summed E-state index contributed by atoms with van der Waals surface area (Å²) in [6, 6.07) is 8.99. The average Bonchev–Trinajstić information content (AvgIpc) is 3.43. The number of anilines is 4. The van der Waals surface area contributed by atoms with Gasteiger partial charge in [-0.1, -0.05) is 0 Å². The Hall–Kier alpha value is -2.34. The highest BCUT2D eigenvalue weighted by Gasteiger charge is 2.22. The van der Waals surface area contributed by atoms with E-state index in [0.29, 0.717) is 12.0 Å². The van der Waals surface area contributed by atoms with E-state index < -0.39 is 0 Å². The van der Waals surface area contributed by atoms with Crippen molar-refractivity contribution in [1.82, 2.24) is 9.97 Å². The second-order valence-electron chi connectivity index (χ2n) is 6.42. The van der Waals surface area contributed by atoms with Gasteiger partial charge in [-0.05, 0) is 44.0 Å². The molecule has 1 saturated heterocycles. The summed E-state index contributed by atoms with van der Waals surface area (Å²) >= 11 is 0. The molecule has 1 aliphatic heterocycles. The number of nitrogens with one attached hydrogen (secondary N) is 2. The highest BCUT2D eigenvalue weighted by Crippen LogP contribution is 2.26. The molecule has 1 aliphatic carbocycles. The van der Waals surface area contributed by atoms with Gasteiger partial charge in [-0.15, -0.1) is 0 Å². The summed E-state index contributed by atoms with van der Waals surface area (Å²) in [5.74, 6) is 1.56. The number of aromatic nitrogens is 2. The average molecular weight is 325 g/mol. The van der Waals surface area contributed by atoms with Crippen LogP contribution in [0.5, 0.6) is 0 Å². The van der Waals surface area contributed by atoms with Crippen LogP contribution < -0.4 is 15.5 Å². The van der Waals surface area contributed by atoms with Crippen molar-refractivity contribution in [1.29, 1.82) is 0 Å². The van der Waals surface area contributed by atoms with E-state index in [1.807, 2.05) is 13.1 Å². The standard InChI is InChI=1S/C18H23N5O/c1-13-12-19-18(22-17(13)20-14-2-3-14)21-15-4-6-16(7-5-15)23-8-10-24-11-9-23/h4-7,12,14H,2-3,8-11H2,1H3,(H2,19,20,21,22). The number of morpholine rings is 1. The van der Waals surface area contributed by atoms with Crippen molar-refractivity contribution in [3.63, 3.8) is 0 Å². The summed E-state index contributed by atoms with van der Waals surface area (Å²) in [6.07, 6.45) is 4.33. The van der Waals surface area contributed by atoms with Gasteiger partial charge in [-0.3, -0.25) is 0 Å². The van der Waals surface area contributed by atoms with Crippen molar-refractivity contribution in [2.75, 3.05) is 41.8 Å². The zero-order chi connectivity index (χ0) is 16.4. The molecule has 0 radical (unpaired) electrons. The first-order valence-corrected chi connectivity index (χ1v) is 8.58. The van der Waals surface area contributed by atoms with E-state index in [0.717, 1.165) is 43.4 Å².